The second kappa shape index (κ2) is 7.15. The molecule has 24 heavy (non-hydrogen) atoms. The van der Waals surface area contributed by atoms with Crippen molar-refractivity contribution in [1.82, 2.24) is 0 Å². The first-order valence-corrected chi connectivity index (χ1v) is 8.08. The van der Waals surface area contributed by atoms with Gasteiger partial charge in [0, 0.05) is 16.5 Å². The molecule has 118 valence electrons. The van der Waals surface area contributed by atoms with Crippen LogP contribution in [0, 0.1) is 24.6 Å². The topological polar surface area (TPSA) is 0 Å². The van der Waals surface area contributed by atoms with Gasteiger partial charge in [-0.15, -0.1) is 6.58 Å². The average Bonchev–Trinajstić information content (AvgIpc) is 2.61. The fourth-order valence-corrected chi connectivity index (χ4v) is 2.65. The third kappa shape index (κ3) is 3.55. The van der Waals surface area contributed by atoms with Crippen LogP contribution in [0.3, 0.4) is 0 Å². The van der Waals surface area contributed by atoms with E-state index in [1.54, 1.807) is 0 Å². The summed E-state index contributed by atoms with van der Waals surface area (Å²) in [5.41, 5.74) is 3.82. The molecule has 0 saturated carbocycles. The van der Waals surface area contributed by atoms with Gasteiger partial charge in [0.1, 0.15) is 5.82 Å². The summed E-state index contributed by atoms with van der Waals surface area (Å²) in [6, 6.07) is 17.6. The molecule has 0 atom stereocenters. The smallest absolute Gasteiger partial charge is 0.134 e. The van der Waals surface area contributed by atoms with E-state index in [1.165, 1.54) is 5.56 Å². The number of fused-ring (bicyclic) bond motifs is 1. The molecular weight excluding hydrogens is 295 g/mol. The van der Waals surface area contributed by atoms with Gasteiger partial charge in [-0.25, -0.2) is 4.39 Å². The molecule has 0 aliphatic rings. The Labute approximate surface area is 142 Å². The van der Waals surface area contributed by atoms with E-state index in [0.29, 0.717) is 11.8 Å². The van der Waals surface area contributed by atoms with Crippen molar-refractivity contribution in [3.05, 3.63) is 95.3 Å². The Hall–Kier alpha value is -2.85. The van der Waals surface area contributed by atoms with Gasteiger partial charge in [0.25, 0.3) is 0 Å². The van der Waals surface area contributed by atoms with Crippen LogP contribution >= 0.6 is 0 Å². The summed E-state index contributed by atoms with van der Waals surface area (Å²) in [5.74, 6) is 6.18. The number of benzene rings is 3. The molecule has 0 nitrogen and oxygen atoms in total. The van der Waals surface area contributed by atoms with E-state index in [-0.39, 0.29) is 5.82 Å². The lowest BCUT2D eigenvalue weighted by Gasteiger charge is -2.06. The largest absolute Gasteiger partial charge is 0.206 e. The van der Waals surface area contributed by atoms with Crippen LogP contribution in [-0.4, -0.2) is 0 Å². The predicted molar refractivity (Wildman–Crippen MR) is 99.6 cm³/mol. The van der Waals surface area contributed by atoms with Crippen molar-refractivity contribution in [2.24, 2.45) is 0 Å². The molecule has 3 aromatic rings. The average molecular weight is 314 g/mol. The lowest BCUT2D eigenvalue weighted by atomic mass is 10.0. The summed E-state index contributed by atoms with van der Waals surface area (Å²) in [4.78, 5) is 0. The van der Waals surface area contributed by atoms with Gasteiger partial charge >= 0.3 is 0 Å². The van der Waals surface area contributed by atoms with Gasteiger partial charge in [-0.1, -0.05) is 53.8 Å². The molecule has 0 aromatic heterocycles. The standard InChI is InChI=1S/C23H19F/c1-3-4-5-20-13-14-21-16-19(12-15-22(21)23(20)24)11-10-18-8-6-17(2)7-9-18/h3,6-9,12-16H,1,4-5H2,2H3. The predicted octanol–water partition coefficient (Wildman–Crippen LogP) is 5.81. The summed E-state index contributed by atoms with van der Waals surface area (Å²) in [6.45, 7) is 5.75. The fourth-order valence-electron chi connectivity index (χ4n) is 2.65. The second-order valence-corrected chi connectivity index (χ2v) is 5.92. The SMILES string of the molecule is C=CCCc1ccc2cc(C#Cc3ccc(C)cc3)ccc2c1F. The number of aryl methyl sites for hydroxylation is 2. The van der Waals surface area contributed by atoms with Gasteiger partial charge in [0.05, 0.1) is 0 Å². The monoisotopic (exact) mass is 314 g/mol. The van der Waals surface area contributed by atoms with Gasteiger partial charge in [-0.05, 0) is 55.0 Å². The summed E-state index contributed by atoms with van der Waals surface area (Å²) in [6.07, 6.45) is 3.27. The molecule has 0 amide bonds. The van der Waals surface area contributed by atoms with Gasteiger partial charge in [0.15, 0.2) is 0 Å². The zero-order valence-corrected chi connectivity index (χ0v) is 13.8. The maximum Gasteiger partial charge on any atom is 0.134 e. The first kappa shape index (κ1) is 16.0. The first-order valence-electron chi connectivity index (χ1n) is 8.08. The Kier molecular flexibility index (Phi) is 4.77. The quantitative estimate of drug-likeness (QED) is 0.423. The van der Waals surface area contributed by atoms with Crippen molar-refractivity contribution in [3.63, 3.8) is 0 Å². The van der Waals surface area contributed by atoms with Crippen LogP contribution in [0.1, 0.15) is 28.7 Å². The molecule has 0 aliphatic carbocycles. The van der Waals surface area contributed by atoms with E-state index in [9.17, 15) is 4.39 Å². The summed E-state index contributed by atoms with van der Waals surface area (Å²) >= 11 is 0. The molecule has 0 spiro atoms. The molecule has 0 unspecified atom stereocenters. The third-order valence-electron chi connectivity index (χ3n) is 4.05. The Morgan fingerprint density at radius 1 is 0.958 bits per heavy atom. The Bertz CT molecular complexity index is 937. The van der Waals surface area contributed by atoms with E-state index < -0.39 is 0 Å². The molecule has 0 N–H and O–H groups in total. The van der Waals surface area contributed by atoms with Gasteiger partial charge < -0.3 is 0 Å². The highest BCUT2D eigenvalue weighted by Crippen LogP contribution is 2.23. The maximum absolute atomic E-state index is 14.5. The first-order chi connectivity index (χ1) is 11.7. The Morgan fingerprint density at radius 2 is 1.67 bits per heavy atom. The molecule has 3 rings (SSSR count). The molecule has 0 bridgehead atoms. The van der Waals surface area contributed by atoms with Crippen LogP contribution in [-0.2, 0) is 6.42 Å². The van der Waals surface area contributed by atoms with E-state index in [0.717, 1.165) is 28.5 Å². The number of hydrogen-bond donors (Lipinski definition) is 0. The summed E-state index contributed by atoms with van der Waals surface area (Å²) < 4.78 is 14.5. The van der Waals surface area contributed by atoms with E-state index >= 15 is 0 Å². The summed E-state index contributed by atoms with van der Waals surface area (Å²) in [5, 5.41) is 1.53. The minimum absolute atomic E-state index is 0.132. The highest BCUT2D eigenvalue weighted by Gasteiger charge is 2.07. The molecule has 0 heterocycles. The lowest BCUT2D eigenvalue weighted by molar-refractivity contribution is 0.621. The molecular formula is C23H19F. The van der Waals surface area contributed by atoms with E-state index in [1.807, 2.05) is 60.7 Å². The number of allylic oxidation sites excluding steroid dienone is 1. The number of rotatable bonds is 3. The third-order valence-corrected chi connectivity index (χ3v) is 4.05. The van der Waals surface area contributed by atoms with Crippen molar-refractivity contribution in [2.75, 3.05) is 0 Å². The van der Waals surface area contributed by atoms with Crippen LogP contribution in [0.15, 0.2) is 67.3 Å². The molecule has 3 aromatic carbocycles. The van der Waals surface area contributed by atoms with Gasteiger partial charge in [-0.3, -0.25) is 0 Å². The van der Waals surface area contributed by atoms with Gasteiger partial charge in [-0.2, -0.15) is 0 Å². The van der Waals surface area contributed by atoms with Gasteiger partial charge in [0.2, 0.25) is 0 Å². The zero-order chi connectivity index (χ0) is 16.9. The molecule has 0 aliphatic heterocycles. The zero-order valence-electron chi connectivity index (χ0n) is 13.8. The van der Waals surface area contributed by atoms with Crippen LogP contribution in [0.5, 0.6) is 0 Å². The Morgan fingerprint density at radius 3 is 2.42 bits per heavy atom. The Balaban J connectivity index is 1.92. The van der Waals surface area contributed by atoms with Crippen molar-refractivity contribution in [1.29, 1.82) is 0 Å². The van der Waals surface area contributed by atoms with Crippen LogP contribution < -0.4 is 0 Å². The molecule has 0 fully saturated rings. The van der Waals surface area contributed by atoms with E-state index in [4.69, 9.17) is 0 Å². The minimum Gasteiger partial charge on any atom is -0.206 e. The van der Waals surface area contributed by atoms with Crippen LogP contribution in [0.4, 0.5) is 4.39 Å². The van der Waals surface area contributed by atoms with E-state index in [2.05, 4.69) is 25.3 Å². The molecule has 0 radical (unpaired) electrons. The van der Waals surface area contributed by atoms with Crippen molar-refractivity contribution >= 4 is 10.8 Å². The normalized spacial score (nSPS) is 10.2. The second-order valence-electron chi connectivity index (χ2n) is 5.92. The highest BCUT2D eigenvalue weighted by atomic mass is 19.1. The van der Waals surface area contributed by atoms with Crippen LogP contribution in [0.2, 0.25) is 0 Å². The van der Waals surface area contributed by atoms with Crippen molar-refractivity contribution in [2.45, 2.75) is 19.8 Å². The molecule has 0 saturated heterocycles. The molecule has 1 heteroatoms. The maximum atomic E-state index is 14.5. The van der Waals surface area contributed by atoms with Crippen LogP contribution in [0.25, 0.3) is 10.8 Å². The number of hydrogen-bond acceptors (Lipinski definition) is 0. The van der Waals surface area contributed by atoms with Crippen molar-refractivity contribution in [3.8, 4) is 11.8 Å². The van der Waals surface area contributed by atoms with Crippen molar-refractivity contribution < 1.29 is 4.39 Å². The lowest BCUT2D eigenvalue weighted by Crippen LogP contribution is -1.92. The summed E-state index contributed by atoms with van der Waals surface area (Å²) in [7, 11) is 0. The fraction of sp³-hybridized carbons (Fsp3) is 0.130. The number of halogens is 1. The minimum atomic E-state index is -0.132. The highest BCUT2D eigenvalue weighted by molar-refractivity contribution is 5.85.